The summed E-state index contributed by atoms with van der Waals surface area (Å²) in [4.78, 5) is 25.5. The molecule has 3 rings (SSSR count). The number of amides is 1. The zero-order valence-electron chi connectivity index (χ0n) is 19.5. The predicted octanol–water partition coefficient (Wildman–Crippen LogP) is 3.68. The monoisotopic (exact) mass is 477 g/mol. The van der Waals surface area contributed by atoms with Crippen molar-refractivity contribution in [2.75, 3.05) is 33.5 Å². The van der Waals surface area contributed by atoms with Crippen LogP contribution in [0, 0.1) is 5.92 Å². The number of ether oxygens (including phenoxy) is 3. The highest BCUT2D eigenvalue weighted by molar-refractivity contribution is 6.31. The Morgan fingerprint density at radius 2 is 2.12 bits per heavy atom. The number of aromatic nitrogens is 2. The second-order valence-electron chi connectivity index (χ2n) is 8.18. The molecule has 0 saturated carbocycles. The molecule has 1 aliphatic heterocycles. The molecule has 1 amide bonds. The van der Waals surface area contributed by atoms with Gasteiger partial charge in [0.2, 0.25) is 0 Å². The van der Waals surface area contributed by atoms with E-state index in [1.165, 1.54) is 13.2 Å². The molecule has 0 radical (unpaired) electrons. The summed E-state index contributed by atoms with van der Waals surface area (Å²) >= 11 is 6.02. The molecular formula is C24H32ClN3O5. The van der Waals surface area contributed by atoms with Crippen LogP contribution in [0.4, 0.5) is 0 Å². The molecule has 33 heavy (non-hydrogen) atoms. The minimum atomic E-state index is -0.494. The van der Waals surface area contributed by atoms with E-state index in [9.17, 15) is 9.59 Å². The van der Waals surface area contributed by atoms with Gasteiger partial charge in [0.15, 0.2) is 0 Å². The van der Waals surface area contributed by atoms with E-state index in [0.717, 1.165) is 24.2 Å². The first kappa shape index (κ1) is 25.1. The highest BCUT2D eigenvalue weighted by Gasteiger charge is 2.24. The third-order valence-corrected chi connectivity index (χ3v) is 5.75. The second kappa shape index (κ2) is 12.0. The highest BCUT2D eigenvalue weighted by Crippen LogP contribution is 2.24. The number of carbonyl (C=O) groups is 2. The number of methoxy groups -OCH3 is 1. The molecule has 8 nitrogen and oxygen atoms in total. The van der Waals surface area contributed by atoms with Crippen LogP contribution in [0.5, 0.6) is 5.75 Å². The van der Waals surface area contributed by atoms with E-state index < -0.39 is 5.97 Å². The van der Waals surface area contributed by atoms with Gasteiger partial charge in [-0.25, -0.2) is 4.79 Å². The van der Waals surface area contributed by atoms with E-state index in [2.05, 4.69) is 5.32 Å². The number of aryl methyl sites for hydroxylation is 1. The fraction of sp³-hybridized carbons (Fsp3) is 0.542. The molecule has 9 heteroatoms. The van der Waals surface area contributed by atoms with Crippen LogP contribution in [0.3, 0.4) is 0 Å². The quantitative estimate of drug-likeness (QED) is 0.611. The van der Waals surface area contributed by atoms with E-state index in [4.69, 9.17) is 30.9 Å². The predicted molar refractivity (Wildman–Crippen MR) is 125 cm³/mol. The average molecular weight is 478 g/mol. The molecule has 0 aliphatic carbocycles. The van der Waals surface area contributed by atoms with Crippen LogP contribution in [0.25, 0.3) is 0 Å². The van der Waals surface area contributed by atoms with Crippen molar-refractivity contribution < 1.29 is 23.8 Å². The molecule has 180 valence electrons. The lowest BCUT2D eigenvalue weighted by molar-refractivity contribution is 0.0432. The molecule has 1 aromatic carbocycles. The zero-order chi connectivity index (χ0) is 23.8. The number of hydrogen-bond donors (Lipinski definition) is 1. The smallest absolute Gasteiger partial charge is 0.341 e. The van der Waals surface area contributed by atoms with Gasteiger partial charge in [0.25, 0.3) is 5.91 Å². The van der Waals surface area contributed by atoms with Crippen molar-refractivity contribution in [2.45, 2.75) is 46.1 Å². The van der Waals surface area contributed by atoms with E-state index >= 15 is 0 Å². The standard InChI is InChI=1S/C24H32ClN3O5/c1-4-19-22-20(7-5-11-32-12-6-10-26-23(22)29)28(27-19)14-16(2)15-33-24(30)18-13-17(25)8-9-21(18)31-3/h8-9,13,16H,4-7,10-12,14-15H2,1-3H3,(H,26,29)/t16-/m1/s1. The number of hydrogen-bond acceptors (Lipinski definition) is 6. The second-order valence-corrected chi connectivity index (χ2v) is 8.61. The summed E-state index contributed by atoms with van der Waals surface area (Å²) in [5, 5.41) is 8.15. The van der Waals surface area contributed by atoms with E-state index in [-0.39, 0.29) is 24.0 Å². The zero-order valence-corrected chi connectivity index (χ0v) is 20.2. The van der Waals surface area contributed by atoms with Crippen molar-refractivity contribution in [1.82, 2.24) is 15.1 Å². The van der Waals surface area contributed by atoms with Gasteiger partial charge in [0.1, 0.15) is 11.3 Å². The number of halogens is 1. The largest absolute Gasteiger partial charge is 0.496 e. The summed E-state index contributed by atoms with van der Waals surface area (Å²) in [7, 11) is 1.49. The van der Waals surface area contributed by atoms with Crippen LogP contribution < -0.4 is 10.1 Å². The van der Waals surface area contributed by atoms with Crippen LogP contribution in [-0.2, 0) is 28.9 Å². The summed E-state index contributed by atoms with van der Waals surface area (Å²) in [6.07, 6.45) is 2.96. The van der Waals surface area contributed by atoms with E-state index in [1.54, 1.807) is 12.1 Å². The Labute approximate surface area is 199 Å². The topological polar surface area (TPSA) is 91.7 Å². The first-order chi connectivity index (χ1) is 15.9. The van der Waals surface area contributed by atoms with Gasteiger partial charge in [0, 0.05) is 37.2 Å². The number of nitrogens with one attached hydrogen (secondary N) is 1. The van der Waals surface area contributed by atoms with Gasteiger partial charge < -0.3 is 19.5 Å². The Morgan fingerprint density at radius 3 is 2.88 bits per heavy atom. The Kier molecular flexibility index (Phi) is 9.14. The number of fused-ring (bicyclic) bond motifs is 1. The van der Waals surface area contributed by atoms with Crippen molar-refractivity contribution in [3.8, 4) is 5.75 Å². The Morgan fingerprint density at radius 1 is 1.33 bits per heavy atom. The number of rotatable bonds is 7. The summed E-state index contributed by atoms with van der Waals surface area (Å²) in [5.41, 5.74) is 2.65. The molecule has 0 unspecified atom stereocenters. The number of carbonyl (C=O) groups excluding carboxylic acids is 2. The lowest BCUT2D eigenvalue weighted by Crippen LogP contribution is -2.27. The fourth-order valence-corrected chi connectivity index (χ4v) is 4.03. The minimum absolute atomic E-state index is 0.0228. The minimum Gasteiger partial charge on any atom is -0.496 e. The van der Waals surface area contributed by atoms with E-state index in [1.807, 2.05) is 18.5 Å². The van der Waals surface area contributed by atoms with Crippen LogP contribution in [0.1, 0.15) is 58.8 Å². The van der Waals surface area contributed by atoms with Gasteiger partial charge in [-0.15, -0.1) is 0 Å². The number of nitrogens with zero attached hydrogens (tertiary/aromatic N) is 2. The molecule has 1 aliphatic rings. The van der Waals surface area contributed by atoms with Gasteiger partial charge >= 0.3 is 5.97 Å². The third-order valence-electron chi connectivity index (χ3n) is 5.51. The van der Waals surface area contributed by atoms with Crippen molar-refractivity contribution in [1.29, 1.82) is 0 Å². The molecule has 1 aromatic heterocycles. The normalized spacial score (nSPS) is 15.7. The summed E-state index contributed by atoms with van der Waals surface area (Å²) in [6, 6.07) is 4.83. The van der Waals surface area contributed by atoms with Gasteiger partial charge in [-0.05, 0) is 43.9 Å². The molecular weight excluding hydrogens is 446 g/mol. The van der Waals surface area contributed by atoms with Crippen molar-refractivity contribution in [3.63, 3.8) is 0 Å². The fourth-order valence-electron chi connectivity index (χ4n) is 3.86. The van der Waals surface area contributed by atoms with Gasteiger partial charge in [0.05, 0.1) is 30.7 Å². The molecule has 0 fully saturated rings. The Balaban J connectivity index is 1.73. The maximum absolute atomic E-state index is 12.9. The van der Waals surface area contributed by atoms with Crippen molar-refractivity contribution in [2.24, 2.45) is 5.92 Å². The molecule has 0 saturated heterocycles. The molecule has 0 bridgehead atoms. The Bertz CT molecular complexity index is 975. The summed E-state index contributed by atoms with van der Waals surface area (Å²) < 4.78 is 18.3. The first-order valence-corrected chi connectivity index (χ1v) is 11.8. The first-order valence-electron chi connectivity index (χ1n) is 11.4. The summed E-state index contributed by atoms with van der Waals surface area (Å²) in [6.45, 7) is 6.56. The maximum atomic E-state index is 12.9. The van der Waals surface area contributed by atoms with Crippen LogP contribution in [0.15, 0.2) is 18.2 Å². The van der Waals surface area contributed by atoms with Crippen LogP contribution in [0.2, 0.25) is 5.02 Å². The molecule has 2 aromatic rings. The SMILES string of the molecule is CCc1nn(C[C@@H](C)COC(=O)c2cc(Cl)ccc2OC)c2c1C(=O)NCCCOCCC2. The lowest BCUT2D eigenvalue weighted by atomic mass is 10.1. The maximum Gasteiger partial charge on any atom is 0.341 e. The average Bonchev–Trinajstić information content (AvgIpc) is 3.13. The van der Waals surface area contributed by atoms with Crippen molar-refractivity contribution in [3.05, 3.63) is 45.7 Å². The highest BCUT2D eigenvalue weighted by atomic mass is 35.5. The molecule has 1 N–H and O–H groups in total. The van der Waals surface area contributed by atoms with Crippen molar-refractivity contribution >= 4 is 23.5 Å². The van der Waals surface area contributed by atoms with Gasteiger partial charge in [-0.2, -0.15) is 5.10 Å². The van der Waals surface area contributed by atoms with E-state index in [0.29, 0.717) is 55.5 Å². The number of esters is 1. The molecule has 2 heterocycles. The van der Waals surface area contributed by atoms with Crippen LogP contribution in [-0.4, -0.2) is 55.1 Å². The number of benzene rings is 1. The van der Waals surface area contributed by atoms with Crippen LogP contribution >= 0.6 is 11.6 Å². The molecule has 0 spiro atoms. The van der Waals surface area contributed by atoms with Gasteiger partial charge in [-0.3, -0.25) is 9.48 Å². The molecule has 1 atom stereocenters. The van der Waals surface area contributed by atoms with Gasteiger partial charge in [-0.1, -0.05) is 25.4 Å². The summed E-state index contributed by atoms with van der Waals surface area (Å²) in [5.74, 6) is -0.187. The Hall–Kier alpha value is -2.58. The third kappa shape index (κ3) is 6.48. The lowest BCUT2D eigenvalue weighted by Gasteiger charge is -2.16.